The maximum absolute atomic E-state index is 12.3. The summed E-state index contributed by atoms with van der Waals surface area (Å²) >= 11 is 0. The van der Waals surface area contributed by atoms with E-state index in [2.05, 4.69) is 0 Å². The van der Waals surface area contributed by atoms with E-state index in [1.54, 1.807) is 13.8 Å². The number of esters is 1. The fraction of sp³-hybridized carbons (Fsp3) is 0.412. The van der Waals surface area contributed by atoms with Gasteiger partial charge in [-0.2, -0.15) is 0 Å². The fourth-order valence-corrected chi connectivity index (χ4v) is 2.41. The second-order valence-electron chi connectivity index (χ2n) is 6.32. The van der Waals surface area contributed by atoms with Crippen LogP contribution in [0.4, 0.5) is 0 Å². The third-order valence-electron chi connectivity index (χ3n) is 3.60. The third-order valence-corrected chi connectivity index (χ3v) is 3.60. The Morgan fingerprint density at radius 3 is 1.93 bits per heavy atom. The van der Waals surface area contributed by atoms with E-state index in [0.717, 1.165) is 6.07 Å². The van der Waals surface area contributed by atoms with Gasteiger partial charge in [-0.25, -0.2) is 4.79 Å². The lowest BCUT2D eigenvalue weighted by Crippen LogP contribution is -2.45. The molecule has 1 aromatic carbocycles. The number of aliphatic hydroxyl groups is 1. The van der Waals surface area contributed by atoms with Gasteiger partial charge in [-0.1, -0.05) is 19.9 Å². The molecule has 0 heterocycles. The molecule has 0 aliphatic heterocycles. The molecule has 1 rings (SSSR count). The molecule has 5 N–H and O–H groups in total. The van der Waals surface area contributed by atoms with Crippen LogP contribution in [-0.4, -0.2) is 55.0 Å². The van der Waals surface area contributed by atoms with Crippen LogP contribution in [0.3, 0.4) is 0 Å². The Labute approximate surface area is 153 Å². The Bertz CT molecular complexity index is 749. The first-order valence-electron chi connectivity index (χ1n) is 7.81. The van der Waals surface area contributed by atoms with Crippen molar-refractivity contribution in [1.82, 2.24) is 0 Å². The molecule has 148 valence electrons. The molecule has 0 aliphatic carbocycles. The monoisotopic (exact) mass is 384 g/mol. The number of carbonyl (C=O) groups is 4. The van der Waals surface area contributed by atoms with Crippen molar-refractivity contribution in [3.05, 3.63) is 23.3 Å². The number of aliphatic carboxylic acids is 3. The SMILES string of the molecule is CC(C)c1cc(CC(=O)O)cc(O)c1OC(=O)C(O)(CC(=O)O)CC(=O)O. The van der Waals surface area contributed by atoms with Crippen LogP contribution in [0.1, 0.15) is 43.7 Å². The highest BCUT2D eigenvalue weighted by molar-refractivity contribution is 5.91. The van der Waals surface area contributed by atoms with Gasteiger partial charge < -0.3 is 30.3 Å². The molecule has 0 aromatic heterocycles. The minimum atomic E-state index is -2.85. The average Bonchev–Trinajstić information content (AvgIpc) is 2.46. The number of rotatable bonds is 9. The minimum absolute atomic E-state index is 0.229. The van der Waals surface area contributed by atoms with E-state index in [0.29, 0.717) is 0 Å². The molecule has 0 unspecified atom stereocenters. The Morgan fingerprint density at radius 2 is 1.52 bits per heavy atom. The number of phenols is 1. The van der Waals surface area contributed by atoms with E-state index < -0.39 is 60.2 Å². The Hall–Kier alpha value is -3.14. The lowest BCUT2D eigenvalue weighted by Gasteiger charge is -2.24. The molecule has 0 spiro atoms. The summed E-state index contributed by atoms with van der Waals surface area (Å²) in [7, 11) is 0. The average molecular weight is 384 g/mol. The number of aromatic hydroxyl groups is 1. The van der Waals surface area contributed by atoms with Crippen LogP contribution in [0.5, 0.6) is 11.5 Å². The molecular weight excluding hydrogens is 364 g/mol. The number of carboxylic acids is 3. The van der Waals surface area contributed by atoms with Gasteiger partial charge in [-0.3, -0.25) is 14.4 Å². The summed E-state index contributed by atoms with van der Waals surface area (Å²) in [6.07, 6.45) is -2.83. The van der Waals surface area contributed by atoms with Gasteiger partial charge in [0.1, 0.15) is 0 Å². The zero-order valence-electron chi connectivity index (χ0n) is 14.6. The molecule has 27 heavy (non-hydrogen) atoms. The standard InChI is InChI=1S/C17H20O10/c1-8(2)10-3-9(5-12(19)20)4-11(18)15(10)27-16(25)17(26,6-13(21)22)7-14(23)24/h3-4,8,18,26H,5-7H2,1-2H3,(H,19,20)(H,21,22)(H,23,24). The number of benzene rings is 1. The molecule has 0 saturated carbocycles. The molecule has 10 nitrogen and oxygen atoms in total. The van der Waals surface area contributed by atoms with Crippen LogP contribution in [0.25, 0.3) is 0 Å². The number of ether oxygens (including phenoxy) is 1. The zero-order valence-corrected chi connectivity index (χ0v) is 14.6. The van der Waals surface area contributed by atoms with Gasteiger partial charge in [0.25, 0.3) is 0 Å². The molecule has 0 saturated heterocycles. The third kappa shape index (κ3) is 5.96. The number of phenolic OH excluding ortho intramolecular Hbond substituents is 1. The second-order valence-corrected chi connectivity index (χ2v) is 6.32. The topological polar surface area (TPSA) is 179 Å². The Morgan fingerprint density at radius 1 is 1.00 bits per heavy atom. The van der Waals surface area contributed by atoms with Crippen LogP contribution < -0.4 is 4.74 Å². The lowest BCUT2D eigenvalue weighted by molar-refractivity contribution is -0.168. The second kappa shape index (κ2) is 8.49. The summed E-state index contributed by atoms with van der Waals surface area (Å²) in [4.78, 5) is 44.9. The van der Waals surface area contributed by atoms with E-state index >= 15 is 0 Å². The molecule has 10 heteroatoms. The molecule has 0 atom stereocenters. The maximum Gasteiger partial charge on any atom is 0.344 e. The molecule has 0 aliphatic rings. The summed E-state index contributed by atoms with van der Waals surface area (Å²) in [5, 5.41) is 46.8. The minimum Gasteiger partial charge on any atom is -0.504 e. The zero-order chi connectivity index (χ0) is 20.9. The van der Waals surface area contributed by atoms with E-state index in [1.165, 1.54) is 6.07 Å². The van der Waals surface area contributed by atoms with Crippen LogP contribution in [0.15, 0.2) is 12.1 Å². The number of carbonyl (C=O) groups excluding carboxylic acids is 1. The number of hydrogen-bond donors (Lipinski definition) is 5. The van der Waals surface area contributed by atoms with Crippen LogP contribution in [0, 0.1) is 0 Å². The van der Waals surface area contributed by atoms with Crippen molar-refractivity contribution in [3.8, 4) is 11.5 Å². The summed E-state index contributed by atoms with van der Waals surface area (Å²) < 4.78 is 4.95. The summed E-state index contributed by atoms with van der Waals surface area (Å²) in [5.41, 5.74) is -2.39. The predicted octanol–water partition coefficient (Wildman–Crippen LogP) is 0.729. The van der Waals surface area contributed by atoms with E-state index in [-0.39, 0.29) is 17.0 Å². The molecule has 1 aromatic rings. The van der Waals surface area contributed by atoms with E-state index in [1.807, 2.05) is 0 Å². The Kier molecular flexibility index (Phi) is 6.89. The predicted molar refractivity (Wildman–Crippen MR) is 88.6 cm³/mol. The van der Waals surface area contributed by atoms with Gasteiger partial charge >= 0.3 is 23.9 Å². The molecule has 0 radical (unpaired) electrons. The molecular formula is C17H20O10. The highest BCUT2D eigenvalue weighted by atomic mass is 16.6. The van der Waals surface area contributed by atoms with E-state index in [9.17, 15) is 29.4 Å². The number of hydrogen-bond acceptors (Lipinski definition) is 7. The van der Waals surface area contributed by atoms with Crippen molar-refractivity contribution < 1.29 is 49.4 Å². The van der Waals surface area contributed by atoms with E-state index in [4.69, 9.17) is 20.1 Å². The van der Waals surface area contributed by atoms with Gasteiger partial charge in [0.05, 0.1) is 19.3 Å². The first kappa shape index (κ1) is 21.9. The molecule has 0 fully saturated rings. The summed E-state index contributed by atoms with van der Waals surface area (Å²) in [6.45, 7) is 3.33. The first-order valence-corrected chi connectivity index (χ1v) is 7.81. The van der Waals surface area contributed by atoms with Crippen LogP contribution in [0.2, 0.25) is 0 Å². The van der Waals surface area contributed by atoms with Gasteiger partial charge in [-0.15, -0.1) is 0 Å². The van der Waals surface area contributed by atoms with Gasteiger partial charge in [-0.05, 0) is 17.5 Å². The van der Waals surface area contributed by atoms with Crippen molar-refractivity contribution in [1.29, 1.82) is 0 Å². The van der Waals surface area contributed by atoms with Crippen LogP contribution in [-0.2, 0) is 25.6 Å². The van der Waals surface area contributed by atoms with Crippen LogP contribution >= 0.6 is 0 Å². The largest absolute Gasteiger partial charge is 0.504 e. The lowest BCUT2D eigenvalue weighted by atomic mass is 9.95. The number of carboxylic acid groups (broad SMARTS) is 3. The molecule has 0 bridgehead atoms. The van der Waals surface area contributed by atoms with Crippen molar-refractivity contribution >= 4 is 23.9 Å². The summed E-state index contributed by atoms with van der Waals surface area (Å²) in [5.74, 6) is -7.31. The van der Waals surface area contributed by atoms with Gasteiger partial charge in [0, 0.05) is 5.56 Å². The van der Waals surface area contributed by atoms with Crippen molar-refractivity contribution in [3.63, 3.8) is 0 Å². The van der Waals surface area contributed by atoms with Crippen molar-refractivity contribution in [2.24, 2.45) is 0 Å². The first-order chi connectivity index (χ1) is 12.4. The quantitative estimate of drug-likeness (QED) is 0.301. The van der Waals surface area contributed by atoms with Gasteiger partial charge in [0.15, 0.2) is 17.1 Å². The maximum atomic E-state index is 12.3. The van der Waals surface area contributed by atoms with Gasteiger partial charge in [0.2, 0.25) is 0 Å². The van der Waals surface area contributed by atoms with Crippen molar-refractivity contribution in [2.75, 3.05) is 0 Å². The molecule has 0 amide bonds. The normalized spacial score (nSPS) is 11.3. The smallest absolute Gasteiger partial charge is 0.344 e. The Balaban J connectivity index is 3.31. The highest BCUT2D eigenvalue weighted by Crippen LogP contribution is 2.37. The summed E-state index contributed by atoms with van der Waals surface area (Å²) in [6, 6.07) is 2.44. The fourth-order valence-electron chi connectivity index (χ4n) is 2.41. The van der Waals surface area contributed by atoms with Crippen molar-refractivity contribution in [2.45, 2.75) is 44.6 Å². The highest BCUT2D eigenvalue weighted by Gasteiger charge is 2.43.